The largest absolute Gasteiger partial charge is 0.487 e. The molecule has 2 aromatic rings. The highest BCUT2D eigenvalue weighted by molar-refractivity contribution is 6.01. The number of piperidine rings is 1. The molecule has 1 spiro atoms. The molecule has 8 rings (SSSR count). The maximum Gasteiger partial charge on any atom is 0.416 e. The van der Waals surface area contributed by atoms with Crippen LogP contribution in [0.2, 0.25) is 0 Å². The van der Waals surface area contributed by atoms with Gasteiger partial charge in [-0.25, -0.2) is 4.39 Å². The lowest BCUT2D eigenvalue weighted by atomic mass is 9.79. The molecule has 5 heterocycles. The number of nitrogens with one attached hydrogen (secondary N) is 2. The highest BCUT2D eigenvalue weighted by Gasteiger charge is 2.52. The summed E-state index contributed by atoms with van der Waals surface area (Å²) in [5, 5.41) is 9.71. The molecule has 276 valence electrons. The van der Waals surface area contributed by atoms with Crippen molar-refractivity contribution in [1.29, 1.82) is 0 Å². The molecule has 3 atom stereocenters. The van der Waals surface area contributed by atoms with Crippen LogP contribution < -0.4 is 15.4 Å². The SMILES string of the molecule is Cn1nccc1C(=O)N[C@H](C(=O)Nc1cc2c(cc1F)C(N1CC(C(F)(F)F)OCC1=O)CC1(CCN(C3COC3)CC1)O2)C(C1CC1)C1CC1. The van der Waals surface area contributed by atoms with Crippen LogP contribution in [0.4, 0.5) is 23.2 Å². The Morgan fingerprint density at radius 3 is 2.37 bits per heavy atom. The summed E-state index contributed by atoms with van der Waals surface area (Å²) in [6.07, 6.45) is -0.357. The molecule has 2 N–H and O–H groups in total. The van der Waals surface area contributed by atoms with E-state index < -0.39 is 66.7 Å². The zero-order valence-corrected chi connectivity index (χ0v) is 28.3. The molecule has 2 unspecified atom stereocenters. The van der Waals surface area contributed by atoms with Crippen LogP contribution in [-0.2, 0) is 26.1 Å². The van der Waals surface area contributed by atoms with Crippen molar-refractivity contribution >= 4 is 23.4 Å². The summed E-state index contributed by atoms with van der Waals surface area (Å²) in [4.78, 5) is 44.0. The highest BCUT2D eigenvalue weighted by Crippen LogP contribution is 2.52. The second-order valence-electron chi connectivity index (χ2n) is 15.0. The van der Waals surface area contributed by atoms with E-state index in [9.17, 15) is 27.6 Å². The molecule has 16 heteroatoms. The molecular formula is C35H42F4N6O6. The lowest BCUT2D eigenvalue weighted by Gasteiger charge is -2.51. The minimum atomic E-state index is -4.69. The van der Waals surface area contributed by atoms with E-state index in [0.29, 0.717) is 45.2 Å². The fraction of sp³-hybridized carbons (Fsp3) is 0.657. The summed E-state index contributed by atoms with van der Waals surface area (Å²) in [5.74, 6) is -1.87. The lowest BCUT2D eigenvalue weighted by molar-refractivity contribution is -0.238. The first-order valence-corrected chi connectivity index (χ1v) is 17.8. The Labute approximate surface area is 292 Å². The smallest absolute Gasteiger partial charge is 0.416 e. The number of hydrogen-bond acceptors (Lipinski definition) is 8. The van der Waals surface area contributed by atoms with Gasteiger partial charge in [-0.05, 0) is 68.4 Å². The monoisotopic (exact) mass is 718 g/mol. The summed E-state index contributed by atoms with van der Waals surface area (Å²) in [5.41, 5.74) is -0.501. The minimum absolute atomic E-state index is 0.119. The third-order valence-electron chi connectivity index (χ3n) is 11.6. The number of nitrogens with zero attached hydrogens (tertiary/aromatic N) is 4. The van der Waals surface area contributed by atoms with Gasteiger partial charge in [0.05, 0.1) is 37.5 Å². The number of carbonyl (C=O) groups is 3. The number of amides is 3. The van der Waals surface area contributed by atoms with Crippen LogP contribution >= 0.6 is 0 Å². The first-order chi connectivity index (χ1) is 24.4. The van der Waals surface area contributed by atoms with Gasteiger partial charge in [-0.3, -0.25) is 24.0 Å². The number of likely N-dealkylation sites (tertiary alicyclic amines) is 1. The first kappa shape index (κ1) is 34.3. The number of aryl methyl sites for hydroxylation is 1. The van der Waals surface area contributed by atoms with E-state index in [4.69, 9.17) is 14.2 Å². The number of fused-ring (bicyclic) bond motifs is 1. The van der Waals surface area contributed by atoms with E-state index in [1.54, 1.807) is 13.1 Å². The Bertz CT molecular complexity index is 1670. The van der Waals surface area contributed by atoms with Crippen molar-refractivity contribution in [2.75, 3.05) is 44.8 Å². The molecule has 6 aliphatic rings. The van der Waals surface area contributed by atoms with Gasteiger partial charge in [-0.15, -0.1) is 0 Å². The van der Waals surface area contributed by atoms with Gasteiger partial charge in [0, 0.05) is 44.4 Å². The van der Waals surface area contributed by atoms with E-state index >= 15 is 4.39 Å². The average Bonchev–Trinajstić information content (AvgIpc) is 4.01. The van der Waals surface area contributed by atoms with E-state index in [-0.39, 0.29) is 46.9 Å². The Kier molecular flexibility index (Phi) is 8.77. The van der Waals surface area contributed by atoms with Gasteiger partial charge in [-0.2, -0.15) is 18.3 Å². The third kappa shape index (κ3) is 6.81. The van der Waals surface area contributed by atoms with Crippen molar-refractivity contribution < 1.29 is 46.2 Å². The molecule has 4 aliphatic heterocycles. The van der Waals surface area contributed by atoms with Crippen LogP contribution in [0.25, 0.3) is 0 Å². The fourth-order valence-electron chi connectivity index (χ4n) is 8.40. The summed E-state index contributed by atoms with van der Waals surface area (Å²) < 4.78 is 75.9. The number of alkyl halides is 3. The third-order valence-corrected chi connectivity index (χ3v) is 11.6. The molecular weight excluding hydrogens is 676 g/mol. The fourth-order valence-corrected chi connectivity index (χ4v) is 8.40. The van der Waals surface area contributed by atoms with Gasteiger partial charge in [-0.1, -0.05) is 0 Å². The van der Waals surface area contributed by atoms with Crippen LogP contribution in [0.15, 0.2) is 24.4 Å². The molecule has 0 bridgehead atoms. The van der Waals surface area contributed by atoms with Gasteiger partial charge >= 0.3 is 6.18 Å². The summed E-state index contributed by atoms with van der Waals surface area (Å²) in [6, 6.07) is 2.52. The number of halogens is 4. The van der Waals surface area contributed by atoms with Crippen LogP contribution in [-0.4, -0.2) is 107 Å². The van der Waals surface area contributed by atoms with Crippen molar-refractivity contribution in [2.45, 2.75) is 81.0 Å². The van der Waals surface area contributed by atoms with Crippen molar-refractivity contribution in [3.05, 3.63) is 41.5 Å². The van der Waals surface area contributed by atoms with Crippen LogP contribution in [0, 0.1) is 23.6 Å². The Morgan fingerprint density at radius 1 is 1.08 bits per heavy atom. The van der Waals surface area contributed by atoms with Crippen LogP contribution in [0.1, 0.15) is 67.0 Å². The number of aromatic nitrogens is 2. The number of ether oxygens (including phenoxy) is 3. The van der Waals surface area contributed by atoms with Gasteiger partial charge in [0.2, 0.25) is 11.8 Å². The van der Waals surface area contributed by atoms with E-state index in [0.717, 1.165) is 36.6 Å². The number of benzene rings is 1. The zero-order valence-electron chi connectivity index (χ0n) is 28.3. The Balaban J connectivity index is 1.10. The maximum atomic E-state index is 16.1. The van der Waals surface area contributed by atoms with Crippen LogP contribution in [0.3, 0.4) is 0 Å². The number of hydrogen-bond donors (Lipinski definition) is 2. The van der Waals surface area contributed by atoms with Crippen molar-refractivity contribution in [3.8, 4) is 5.75 Å². The number of rotatable bonds is 9. The van der Waals surface area contributed by atoms with E-state index in [1.807, 2.05) is 0 Å². The number of carbonyl (C=O) groups excluding carboxylic acids is 3. The van der Waals surface area contributed by atoms with Crippen molar-refractivity contribution in [1.82, 2.24) is 24.9 Å². The molecule has 3 amide bonds. The minimum Gasteiger partial charge on any atom is -0.487 e. The lowest BCUT2D eigenvalue weighted by Crippen LogP contribution is -2.59. The second kappa shape index (κ2) is 13.0. The standard InChI is InChI=1S/C35H42F4N6O6/c1-43-25(6-9-40-43)32(47)42-31(30(19-2-3-19)20-4-5-20)33(48)41-24-13-27-22(12-23(24)36)26(45-15-28(35(37,38)39)50-18-29(45)46)14-34(51-27)7-10-44(11-8-34)21-16-49-17-21/h6,9,12-13,19-21,26,28,30-31H,2-5,7-8,10-11,14-18H2,1H3,(H,41,48)(H,42,47)/t26?,28?,31-/m0/s1. The van der Waals surface area contributed by atoms with Gasteiger partial charge in [0.25, 0.3) is 5.91 Å². The molecule has 5 fully saturated rings. The highest BCUT2D eigenvalue weighted by atomic mass is 19.4. The second-order valence-corrected chi connectivity index (χ2v) is 15.0. The number of anilines is 1. The summed E-state index contributed by atoms with van der Waals surface area (Å²) in [7, 11) is 1.63. The predicted octanol–water partition coefficient (Wildman–Crippen LogP) is 3.58. The molecule has 2 aliphatic carbocycles. The Morgan fingerprint density at radius 2 is 1.78 bits per heavy atom. The average molecular weight is 719 g/mol. The summed E-state index contributed by atoms with van der Waals surface area (Å²) in [6.45, 7) is 1.11. The maximum absolute atomic E-state index is 16.1. The molecule has 3 saturated heterocycles. The molecule has 1 aromatic heterocycles. The number of morpholine rings is 1. The summed E-state index contributed by atoms with van der Waals surface area (Å²) >= 11 is 0. The molecule has 1 aromatic carbocycles. The molecule has 51 heavy (non-hydrogen) atoms. The Hall–Kier alpha value is -3.76. The molecule has 2 saturated carbocycles. The molecule has 12 nitrogen and oxygen atoms in total. The van der Waals surface area contributed by atoms with Gasteiger partial charge in [0.15, 0.2) is 6.10 Å². The predicted molar refractivity (Wildman–Crippen MR) is 172 cm³/mol. The van der Waals surface area contributed by atoms with Crippen molar-refractivity contribution in [3.63, 3.8) is 0 Å². The van der Waals surface area contributed by atoms with Crippen molar-refractivity contribution in [2.24, 2.45) is 24.8 Å². The van der Waals surface area contributed by atoms with E-state index in [1.165, 1.54) is 16.9 Å². The molecule has 0 radical (unpaired) electrons. The van der Waals surface area contributed by atoms with Gasteiger partial charge < -0.3 is 29.7 Å². The topological polar surface area (TPSA) is 127 Å². The zero-order chi connectivity index (χ0) is 35.7. The van der Waals surface area contributed by atoms with Crippen LogP contribution in [0.5, 0.6) is 5.75 Å². The van der Waals surface area contributed by atoms with Gasteiger partial charge in [0.1, 0.15) is 35.5 Å². The first-order valence-electron chi connectivity index (χ1n) is 17.8. The quantitative estimate of drug-likeness (QED) is 0.377. The normalized spacial score (nSPS) is 26.0. The van der Waals surface area contributed by atoms with E-state index in [2.05, 4.69) is 20.6 Å².